The second-order valence-corrected chi connectivity index (χ2v) is 6.76. The number of carbonyl (C=O) groups is 2. The van der Waals surface area contributed by atoms with Crippen molar-refractivity contribution in [2.75, 3.05) is 39.9 Å². The maximum Gasteiger partial charge on any atom is 0.347 e. The fraction of sp³-hybridized carbons (Fsp3) is 0.647. The van der Waals surface area contributed by atoms with Crippen molar-refractivity contribution >= 4 is 11.8 Å². The molecule has 3 heterocycles. The van der Waals surface area contributed by atoms with Gasteiger partial charge < -0.3 is 14.5 Å². The van der Waals surface area contributed by atoms with Crippen LogP contribution in [0, 0.1) is 5.41 Å². The Kier molecular flexibility index (Phi) is 5.17. The lowest BCUT2D eigenvalue weighted by atomic mass is 9.78. The summed E-state index contributed by atoms with van der Waals surface area (Å²) in [4.78, 5) is 44.3. The van der Waals surface area contributed by atoms with Crippen molar-refractivity contribution in [1.29, 1.82) is 0 Å². The molecule has 3 rings (SSSR count). The van der Waals surface area contributed by atoms with Gasteiger partial charge in [-0.25, -0.2) is 9.78 Å². The summed E-state index contributed by atoms with van der Waals surface area (Å²) in [5.41, 5.74) is -0.911. The van der Waals surface area contributed by atoms with Crippen LogP contribution in [-0.2, 0) is 20.9 Å². The fourth-order valence-corrected chi connectivity index (χ4v) is 3.78. The third-order valence-corrected chi connectivity index (χ3v) is 5.18. The molecule has 136 valence electrons. The zero-order valence-electron chi connectivity index (χ0n) is 14.5. The van der Waals surface area contributed by atoms with Gasteiger partial charge in [-0.2, -0.15) is 0 Å². The van der Waals surface area contributed by atoms with E-state index in [-0.39, 0.29) is 18.4 Å². The molecule has 0 unspecified atom stereocenters. The lowest BCUT2D eigenvalue weighted by Gasteiger charge is -2.39. The molecule has 1 atom stereocenters. The van der Waals surface area contributed by atoms with E-state index in [4.69, 9.17) is 4.74 Å². The SMILES string of the molecule is COCCN1CCC[C@]2(CCN(C(=O)Cn3cccnc3=O)C2)C1=O. The van der Waals surface area contributed by atoms with Crippen LogP contribution in [0.4, 0.5) is 0 Å². The molecular formula is C17H24N4O4. The normalized spacial score (nSPS) is 23.5. The van der Waals surface area contributed by atoms with Crippen molar-refractivity contribution in [1.82, 2.24) is 19.4 Å². The topological polar surface area (TPSA) is 84.7 Å². The second kappa shape index (κ2) is 7.35. The number of rotatable bonds is 5. The Morgan fingerprint density at radius 1 is 1.32 bits per heavy atom. The van der Waals surface area contributed by atoms with Gasteiger partial charge in [0, 0.05) is 45.7 Å². The van der Waals surface area contributed by atoms with E-state index in [1.54, 1.807) is 24.3 Å². The average Bonchev–Trinajstić information content (AvgIpc) is 3.04. The van der Waals surface area contributed by atoms with Crippen LogP contribution in [0.15, 0.2) is 23.3 Å². The summed E-state index contributed by atoms with van der Waals surface area (Å²) in [6.45, 7) is 2.82. The molecule has 8 heteroatoms. The number of piperidine rings is 1. The number of likely N-dealkylation sites (tertiary alicyclic amines) is 2. The van der Waals surface area contributed by atoms with E-state index >= 15 is 0 Å². The predicted molar refractivity (Wildman–Crippen MR) is 89.8 cm³/mol. The molecule has 2 saturated heterocycles. The van der Waals surface area contributed by atoms with Gasteiger partial charge in [-0.3, -0.25) is 14.2 Å². The lowest BCUT2D eigenvalue weighted by Crippen LogP contribution is -2.51. The fourth-order valence-electron chi connectivity index (χ4n) is 3.78. The highest BCUT2D eigenvalue weighted by atomic mass is 16.5. The molecule has 0 radical (unpaired) electrons. The van der Waals surface area contributed by atoms with Gasteiger partial charge in [-0.1, -0.05) is 0 Å². The number of amides is 2. The number of aromatic nitrogens is 2. The summed E-state index contributed by atoms with van der Waals surface area (Å²) in [5, 5.41) is 0. The minimum Gasteiger partial charge on any atom is -0.383 e. The van der Waals surface area contributed by atoms with Crippen LogP contribution in [0.1, 0.15) is 19.3 Å². The molecule has 0 aliphatic carbocycles. The maximum atomic E-state index is 12.9. The van der Waals surface area contributed by atoms with Gasteiger partial charge in [-0.05, 0) is 25.3 Å². The largest absolute Gasteiger partial charge is 0.383 e. The van der Waals surface area contributed by atoms with Crippen molar-refractivity contribution in [3.63, 3.8) is 0 Å². The third kappa shape index (κ3) is 3.58. The molecule has 1 spiro atoms. The summed E-state index contributed by atoms with van der Waals surface area (Å²) in [6, 6.07) is 1.62. The summed E-state index contributed by atoms with van der Waals surface area (Å²) in [6.07, 6.45) is 5.40. The van der Waals surface area contributed by atoms with Crippen molar-refractivity contribution < 1.29 is 14.3 Å². The second-order valence-electron chi connectivity index (χ2n) is 6.76. The van der Waals surface area contributed by atoms with Gasteiger partial charge >= 0.3 is 5.69 Å². The predicted octanol–water partition coefficient (Wildman–Crippen LogP) is -0.269. The van der Waals surface area contributed by atoms with E-state index in [1.165, 1.54) is 10.8 Å². The van der Waals surface area contributed by atoms with Gasteiger partial charge in [0.25, 0.3) is 0 Å². The Balaban J connectivity index is 1.66. The van der Waals surface area contributed by atoms with Crippen LogP contribution in [0.5, 0.6) is 0 Å². The number of hydrogen-bond acceptors (Lipinski definition) is 5. The molecule has 0 N–H and O–H groups in total. The molecule has 0 saturated carbocycles. The van der Waals surface area contributed by atoms with Gasteiger partial charge in [-0.15, -0.1) is 0 Å². The Labute approximate surface area is 146 Å². The van der Waals surface area contributed by atoms with Crippen LogP contribution >= 0.6 is 0 Å². The smallest absolute Gasteiger partial charge is 0.347 e. The summed E-state index contributed by atoms with van der Waals surface area (Å²) in [5.74, 6) is -0.0153. The first-order valence-electron chi connectivity index (χ1n) is 8.63. The molecule has 2 fully saturated rings. The summed E-state index contributed by atoms with van der Waals surface area (Å²) in [7, 11) is 1.63. The van der Waals surface area contributed by atoms with Crippen LogP contribution < -0.4 is 5.69 Å². The number of hydrogen-bond donors (Lipinski definition) is 0. The molecule has 8 nitrogen and oxygen atoms in total. The van der Waals surface area contributed by atoms with Gasteiger partial charge in [0.1, 0.15) is 6.54 Å². The first kappa shape index (κ1) is 17.6. The molecule has 2 aliphatic rings. The highest BCUT2D eigenvalue weighted by molar-refractivity contribution is 5.86. The van der Waals surface area contributed by atoms with Crippen LogP contribution in [0.25, 0.3) is 0 Å². The zero-order valence-corrected chi connectivity index (χ0v) is 14.5. The Bertz CT molecular complexity index is 704. The van der Waals surface area contributed by atoms with E-state index in [9.17, 15) is 14.4 Å². The van der Waals surface area contributed by atoms with Gasteiger partial charge in [0.05, 0.1) is 12.0 Å². The molecule has 0 bridgehead atoms. The monoisotopic (exact) mass is 348 g/mol. The molecular weight excluding hydrogens is 324 g/mol. The van der Waals surface area contributed by atoms with E-state index in [1.807, 2.05) is 4.90 Å². The van der Waals surface area contributed by atoms with Crippen molar-refractivity contribution in [2.45, 2.75) is 25.8 Å². The number of nitrogens with zero attached hydrogens (tertiary/aromatic N) is 4. The maximum absolute atomic E-state index is 12.9. The number of ether oxygens (including phenoxy) is 1. The molecule has 2 aliphatic heterocycles. The number of carbonyl (C=O) groups excluding carboxylic acids is 2. The summed E-state index contributed by atoms with van der Waals surface area (Å²) >= 11 is 0. The van der Waals surface area contributed by atoms with Crippen molar-refractivity contribution in [3.05, 3.63) is 28.9 Å². The van der Waals surface area contributed by atoms with Crippen LogP contribution in [0.2, 0.25) is 0 Å². The minimum absolute atomic E-state index is 0.0374. The van der Waals surface area contributed by atoms with E-state index < -0.39 is 11.1 Å². The lowest BCUT2D eigenvalue weighted by molar-refractivity contribution is -0.146. The Hall–Kier alpha value is -2.22. The standard InChI is InChI=1S/C17H24N4O4/c1-25-11-10-19-7-2-4-17(15(19)23)5-9-21(13-17)14(22)12-20-8-3-6-18-16(20)24/h3,6,8H,2,4-5,7,9-13H2,1H3/t17-/m1/s1. The average molecular weight is 348 g/mol. The van der Waals surface area contributed by atoms with E-state index in [2.05, 4.69) is 4.98 Å². The molecule has 1 aromatic rings. The molecule has 2 amide bonds. The van der Waals surface area contributed by atoms with Crippen LogP contribution in [-0.4, -0.2) is 71.1 Å². The van der Waals surface area contributed by atoms with Crippen LogP contribution in [0.3, 0.4) is 0 Å². The van der Waals surface area contributed by atoms with Gasteiger partial charge in [0.15, 0.2) is 0 Å². The van der Waals surface area contributed by atoms with Crippen molar-refractivity contribution in [3.8, 4) is 0 Å². The first-order chi connectivity index (χ1) is 12.1. The molecule has 25 heavy (non-hydrogen) atoms. The zero-order chi connectivity index (χ0) is 17.9. The third-order valence-electron chi connectivity index (χ3n) is 5.18. The van der Waals surface area contributed by atoms with E-state index in [0.29, 0.717) is 32.7 Å². The summed E-state index contributed by atoms with van der Waals surface area (Å²) < 4.78 is 6.38. The quantitative estimate of drug-likeness (QED) is 0.731. The first-order valence-corrected chi connectivity index (χ1v) is 8.63. The van der Waals surface area contributed by atoms with Crippen molar-refractivity contribution in [2.24, 2.45) is 5.41 Å². The minimum atomic E-state index is -0.471. The Morgan fingerprint density at radius 3 is 2.92 bits per heavy atom. The highest BCUT2D eigenvalue weighted by Crippen LogP contribution is 2.40. The number of methoxy groups -OCH3 is 1. The molecule has 0 aromatic carbocycles. The highest BCUT2D eigenvalue weighted by Gasteiger charge is 2.49. The van der Waals surface area contributed by atoms with E-state index in [0.717, 1.165) is 19.4 Å². The Morgan fingerprint density at radius 2 is 2.16 bits per heavy atom. The van der Waals surface area contributed by atoms with Gasteiger partial charge in [0.2, 0.25) is 11.8 Å². The molecule has 1 aromatic heterocycles.